The molecule has 1 fully saturated rings. The summed E-state index contributed by atoms with van der Waals surface area (Å²) < 4.78 is 10.8. The average molecular weight is 440 g/mol. The summed E-state index contributed by atoms with van der Waals surface area (Å²) in [5.74, 6) is 0.158. The molecule has 2 aliphatic heterocycles. The summed E-state index contributed by atoms with van der Waals surface area (Å²) in [6.45, 7) is 6.89. The highest BCUT2D eigenvalue weighted by atomic mass is 16.7. The van der Waals surface area contributed by atoms with Crippen LogP contribution in [0.3, 0.4) is 0 Å². The Morgan fingerprint density at radius 1 is 1.12 bits per heavy atom. The Balaban J connectivity index is 1.51. The predicted octanol–water partition coefficient (Wildman–Crippen LogP) is 3.10. The minimum atomic E-state index is -1.10. The van der Waals surface area contributed by atoms with E-state index in [0.29, 0.717) is 30.0 Å². The summed E-state index contributed by atoms with van der Waals surface area (Å²) in [6, 6.07) is 14.8. The van der Waals surface area contributed by atoms with Crippen molar-refractivity contribution < 1.29 is 24.2 Å². The lowest BCUT2D eigenvalue weighted by atomic mass is 9.79. The number of carboxylic acids is 1. The number of ether oxygens (including phenoxy) is 2. The summed E-state index contributed by atoms with van der Waals surface area (Å²) in [7, 11) is 0. The van der Waals surface area contributed by atoms with Gasteiger partial charge in [0.15, 0.2) is 11.5 Å². The molecule has 2 heterocycles. The number of amides is 1. The van der Waals surface area contributed by atoms with Gasteiger partial charge in [0.25, 0.3) is 5.91 Å². The van der Waals surface area contributed by atoms with Gasteiger partial charge in [0.2, 0.25) is 6.79 Å². The molecule has 170 valence electrons. The lowest BCUT2D eigenvalue weighted by Crippen LogP contribution is -2.52. The first-order valence-electron chi connectivity index (χ1n) is 10.7. The van der Waals surface area contributed by atoms with Crippen LogP contribution in [0.4, 0.5) is 5.69 Å². The first kappa shape index (κ1) is 22.0. The lowest BCUT2D eigenvalue weighted by Gasteiger charge is -2.37. The monoisotopic (exact) mass is 439 g/mol. The molecule has 0 spiro atoms. The van der Waals surface area contributed by atoms with E-state index in [4.69, 9.17) is 9.47 Å². The number of rotatable bonds is 6. The number of aliphatic carboxylic acids is 1. The Kier molecular flexibility index (Phi) is 5.73. The van der Waals surface area contributed by atoms with Gasteiger partial charge >= 0.3 is 5.97 Å². The third kappa shape index (κ3) is 4.23. The maximum atomic E-state index is 13.3. The fourth-order valence-electron chi connectivity index (χ4n) is 4.26. The van der Waals surface area contributed by atoms with Gasteiger partial charge in [0.1, 0.15) is 5.41 Å². The van der Waals surface area contributed by atoms with Gasteiger partial charge in [0, 0.05) is 13.1 Å². The number of nitrogens with one attached hydrogen (secondary N) is 1. The van der Waals surface area contributed by atoms with Gasteiger partial charge in [-0.1, -0.05) is 24.3 Å². The van der Waals surface area contributed by atoms with Crippen LogP contribution in [-0.2, 0) is 15.0 Å². The maximum Gasteiger partial charge on any atom is 0.315 e. The van der Waals surface area contributed by atoms with Crippen LogP contribution in [0.2, 0.25) is 0 Å². The van der Waals surface area contributed by atoms with Crippen LogP contribution in [0.25, 0.3) is 0 Å². The molecule has 2 aliphatic rings. The summed E-state index contributed by atoms with van der Waals surface area (Å²) in [6.07, 6.45) is 0.414. The van der Waals surface area contributed by atoms with Crippen LogP contribution < -0.4 is 14.9 Å². The average Bonchev–Trinajstić information content (AvgIpc) is 3.39. The van der Waals surface area contributed by atoms with Gasteiger partial charge in [-0.2, -0.15) is 0 Å². The van der Waals surface area contributed by atoms with Crippen molar-refractivity contribution in [1.82, 2.24) is 9.91 Å². The van der Waals surface area contributed by atoms with E-state index >= 15 is 0 Å². The molecule has 2 aromatic carbocycles. The predicted molar refractivity (Wildman–Crippen MR) is 120 cm³/mol. The molecule has 8 heteroatoms. The molecule has 1 atom stereocenters. The van der Waals surface area contributed by atoms with E-state index in [2.05, 4.69) is 5.43 Å². The van der Waals surface area contributed by atoms with Crippen LogP contribution >= 0.6 is 0 Å². The SMILES string of the molecule is CC(C)(C)N(Nc1ccccc1)C(=O)CN1CCC(C(=O)O)(c2ccc3c(c2)OCO3)C1. The van der Waals surface area contributed by atoms with Gasteiger partial charge < -0.3 is 14.6 Å². The third-order valence-corrected chi connectivity index (χ3v) is 5.98. The van der Waals surface area contributed by atoms with Crippen molar-refractivity contribution in [2.45, 2.75) is 38.1 Å². The summed E-state index contributed by atoms with van der Waals surface area (Å²) >= 11 is 0. The molecule has 1 unspecified atom stereocenters. The molecule has 2 N–H and O–H groups in total. The molecule has 0 aromatic heterocycles. The van der Waals surface area contributed by atoms with Crippen molar-refractivity contribution in [3.8, 4) is 11.5 Å². The number of benzene rings is 2. The van der Waals surface area contributed by atoms with Crippen LogP contribution in [0.1, 0.15) is 32.8 Å². The van der Waals surface area contributed by atoms with E-state index < -0.39 is 16.9 Å². The molecule has 32 heavy (non-hydrogen) atoms. The zero-order chi connectivity index (χ0) is 22.9. The Hall–Kier alpha value is -3.26. The molecule has 0 radical (unpaired) electrons. The van der Waals surface area contributed by atoms with Crippen LogP contribution in [0, 0.1) is 0 Å². The van der Waals surface area contributed by atoms with Crippen LogP contribution in [-0.4, -0.2) is 58.9 Å². The Morgan fingerprint density at radius 3 is 2.53 bits per heavy atom. The standard InChI is InChI=1S/C24H29N3O5/c1-23(2,3)27(25-18-7-5-4-6-8-18)21(28)14-26-12-11-24(15-26,22(29)30)17-9-10-19-20(13-17)32-16-31-19/h4-10,13,25H,11-12,14-16H2,1-3H3,(H,29,30). The smallest absolute Gasteiger partial charge is 0.315 e. The number of carbonyl (C=O) groups is 2. The number of hydrazine groups is 1. The first-order chi connectivity index (χ1) is 15.2. The molecular weight excluding hydrogens is 410 g/mol. The number of likely N-dealkylation sites (tertiary alicyclic amines) is 1. The molecule has 4 rings (SSSR count). The molecule has 0 bridgehead atoms. The van der Waals surface area contributed by atoms with Crippen LogP contribution in [0.5, 0.6) is 11.5 Å². The van der Waals surface area contributed by atoms with Crippen molar-refractivity contribution in [3.05, 3.63) is 54.1 Å². The van der Waals surface area contributed by atoms with Gasteiger partial charge in [-0.3, -0.25) is 19.9 Å². The van der Waals surface area contributed by atoms with Crippen molar-refractivity contribution in [1.29, 1.82) is 0 Å². The fourth-order valence-corrected chi connectivity index (χ4v) is 4.26. The van der Waals surface area contributed by atoms with Crippen molar-refractivity contribution in [2.75, 3.05) is 31.9 Å². The normalized spacial score (nSPS) is 20.2. The van der Waals surface area contributed by atoms with Crippen molar-refractivity contribution in [3.63, 3.8) is 0 Å². The van der Waals surface area contributed by atoms with E-state index in [-0.39, 0.29) is 25.8 Å². The van der Waals surface area contributed by atoms with Crippen molar-refractivity contribution >= 4 is 17.6 Å². The number of carbonyl (C=O) groups excluding carboxylic acids is 1. The molecule has 8 nitrogen and oxygen atoms in total. The highest BCUT2D eigenvalue weighted by molar-refractivity contribution is 5.84. The van der Waals surface area contributed by atoms with E-state index in [1.165, 1.54) is 0 Å². The van der Waals surface area contributed by atoms with Gasteiger partial charge in [-0.15, -0.1) is 0 Å². The largest absolute Gasteiger partial charge is 0.481 e. The Bertz CT molecular complexity index is 1000. The zero-order valence-corrected chi connectivity index (χ0v) is 18.6. The summed E-state index contributed by atoms with van der Waals surface area (Å²) in [4.78, 5) is 27.6. The topological polar surface area (TPSA) is 91.3 Å². The second-order valence-corrected chi connectivity index (χ2v) is 9.29. The number of carboxylic acid groups (broad SMARTS) is 1. The van der Waals surface area contributed by atoms with Gasteiger partial charge in [0.05, 0.1) is 17.8 Å². The second-order valence-electron chi connectivity index (χ2n) is 9.29. The molecule has 2 aromatic rings. The summed E-state index contributed by atoms with van der Waals surface area (Å²) in [5, 5.41) is 11.8. The number of fused-ring (bicyclic) bond motifs is 1. The second kappa shape index (κ2) is 8.35. The molecule has 0 saturated carbocycles. The third-order valence-electron chi connectivity index (χ3n) is 5.98. The molecule has 0 aliphatic carbocycles. The lowest BCUT2D eigenvalue weighted by molar-refractivity contribution is -0.144. The highest BCUT2D eigenvalue weighted by Crippen LogP contribution is 2.41. The van der Waals surface area contributed by atoms with E-state index in [0.717, 1.165) is 5.69 Å². The first-order valence-corrected chi connectivity index (χ1v) is 10.7. The number of hydrogen-bond acceptors (Lipinski definition) is 6. The minimum absolute atomic E-state index is 0.117. The van der Waals surface area contributed by atoms with Crippen LogP contribution in [0.15, 0.2) is 48.5 Å². The molecule has 1 saturated heterocycles. The summed E-state index contributed by atoms with van der Waals surface area (Å²) in [5.41, 5.74) is 3.13. The Morgan fingerprint density at radius 2 is 1.84 bits per heavy atom. The van der Waals surface area contributed by atoms with E-state index in [1.807, 2.05) is 56.0 Å². The number of hydrogen-bond donors (Lipinski definition) is 2. The highest BCUT2D eigenvalue weighted by Gasteiger charge is 2.47. The maximum absolute atomic E-state index is 13.3. The van der Waals surface area contributed by atoms with E-state index in [9.17, 15) is 14.7 Å². The number of nitrogens with zero attached hydrogens (tertiary/aromatic N) is 2. The number of anilines is 1. The van der Waals surface area contributed by atoms with Crippen molar-refractivity contribution in [2.24, 2.45) is 0 Å². The molecule has 1 amide bonds. The fraction of sp³-hybridized carbons (Fsp3) is 0.417. The van der Waals surface area contributed by atoms with Gasteiger partial charge in [-0.05, 0) is 57.0 Å². The minimum Gasteiger partial charge on any atom is -0.481 e. The van der Waals surface area contributed by atoms with E-state index in [1.54, 1.807) is 23.2 Å². The van der Waals surface area contributed by atoms with Gasteiger partial charge in [-0.25, -0.2) is 5.01 Å². The quantitative estimate of drug-likeness (QED) is 0.669. The number of para-hydroxylation sites is 1. The molecular formula is C24H29N3O5. The zero-order valence-electron chi connectivity index (χ0n) is 18.6. The Labute approximate surface area is 187 Å².